The minimum atomic E-state index is -0.723. The number of nitrogens with one attached hydrogen (secondary N) is 2. The monoisotopic (exact) mass is 572 g/mol. The van der Waals surface area contributed by atoms with E-state index in [9.17, 15) is 19.2 Å². The van der Waals surface area contributed by atoms with Gasteiger partial charge in [-0.25, -0.2) is 19.2 Å². The van der Waals surface area contributed by atoms with Gasteiger partial charge in [0.05, 0.1) is 35.7 Å². The highest BCUT2D eigenvalue weighted by atomic mass is 16.5. The number of ether oxygens (including phenoxy) is 4. The maximum Gasteiger partial charge on any atom is 0.355 e. The van der Waals surface area contributed by atoms with Gasteiger partial charge in [0.1, 0.15) is 24.6 Å². The first kappa shape index (κ1) is 29.9. The lowest BCUT2D eigenvalue weighted by atomic mass is 10.0. The van der Waals surface area contributed by atoms with Crippen LogP contribution in [0.3, 0.4) is 0 Å². The predicted molar refractivity (Wildman–Crippen MR) is 153 cm³/mol. The fraction of sp³-hybridized carbons (Fsp3) is 0.250. The molecule has 0 saturated carbocycles. The first-order valence-corrected chi connectivity index (χ1v) is 13.5. The van der Waals surface area contributed by atoms with Crippen LogP contribution in [0.2, 0.25) is 0 Å². The lowest BCUT2D eigenvalue weighted by molar-refractivity contribution is 0.0456. The third-order valence-corrected chi connectivity index (χ3v) is 6.54. The molecule has 0 radical (unpaired) electrons. The van der Waals surface area contributed by atoms with Crippen LogP contribution in [0, 0.1) is 13.8 Å². The Balaban J connectivity index is 1.77. The smallest absolute Gasteiger partial charge is 0.355 e. The third-order valence-electron chi connectivity index (χ3n) is 6.54. The Bertz CT molecular complexity index is 1470. The van der Waals surface area contributed by atoms with Crippen LogP contribution in [0.4, 0.5) is 0 Å². The average Bonchev–Trinajstić information content (AvgIpc) is 3.52. The van der Waals surface area contributed by atoms with E-state index in [2.05, 4.69) is 9.97 Å². The number of aromatic amines is 2. The zero-order chi connectivity index (χ0) is 30.2. The van der Waals surface area contributed by atoms with E-state index in [1.165, 1.54) is 0 Å². The third kappa shape index (κ3) is 6.43. The predicted octanol–water partition coefficient (Wildman–Crippen LogP) is 5.69. The van der Waals surface area contributed by atoms with E-state index in [0.29, 0.717) is 0 Å². The van der Waals surface area contributed by atoms with Gasteiger partial charge in [-0.2, -0.15) is 0 Å². The Kier molecular flexibility index (Phi) is 9.59. The molecule has 4 rings (SSSR count). The highest BCUT2D eigenvalue weighted by molar-refractivity contribution is 6.08. The Labute approximate surface area is 243 Å². The number of carbonyl (C=O) groups is 4. The van der Waals surface area contributed by atoms with E-state index in [4.69, 9.17) is 18.9 Å². The molecule has 0 amide bonds. The highest BCUT2D eigenvalue weighted by Gasteiger charge is 2.33. The van der Waals surface area contributed by atoms with Gasteiger partial charge in [-0.05, 0) is 49.9 Å². The summed E-state index contributed by atoms with van der Waals surface area (Å²) in [5.74, 6) is -2.87. The molecule has 0 aliphatic carbocycles. The van der Waals surface area contributed by atoms with Gasteiger partial charge in [-0.15, -0.1) is 0 Å². The second-order valence-electron chi connectivity index (χ2n) is 9.31. The van der Waals surface area contributed by atoms with Crippen molar-refractivity contribution in [3.05, 3.63) is 105 Å². The Morgan fingerprint density at radius 2 is 0.905 bits per heavy atom. The molecule has 10 heteroatoms. The number of H-pyrrole nitrogens is 2. The van der Waals surface area contributed by atoms with E-state index >= 15 is 0 Å². The van der Waals surface area contributed by atoms with Gasteiger partial charge in [-0.1, -0.05) is 60.7 Å². The van der Waals surface area contributed by atoms with Gasteiger partial charge in [0.2, 0.25) is 0 Å². The van der Waals surface area contributed by atoms with Crippen molar-refractivity contribution in [3.8, 4) is 11.4 Å². The van der Waals surface area contributed by atoms with Crippen molar-refractivity contribution in [2.45, 2.75) is 40.9 Å². The number of rotatable bonds is 11. The molecule has 42 heavy (non-hydrogen) atoms. The Hall–Kier alpha value is -5.12. The minimum absolute atomic E-state index is 0.000694. The first-order chi connectivity index (χ1) is 20.3. The van der Waals surface area contributed by atoms with Crippen molar-refractivity contribution in [2.24, 2.45) is 0 Å². The highest BCUT2D eigenvalue weighted by Crippen LogP contribution is 2.34. The van der Waals surface area contributed by atoms with Crippen LogP contribution >= 0.6 is 0 Å². The Morgan fingerprint density at radius 1 is 0.548 bits per heavy atom. The van der Waals surface area contributed by atoms with E-state index in [-0.39, 0.29) is 71.5 Å². The van der Waals surface area contributed by atoms with Crippen LogP contribution in [0.5, 0.6) is 0 Å². The van der Waals surface area contributed by atoms with Gasteiger partial charge < -0.3 is 28.9 Å². The normalized spacial score (nSPS) is 10.7. The molecule has 0 spiro atoms. The summed E-state index contributed by atoms with van der Waals surface area (Å²) >= 11 is 0. The SMILES string of the molecule is CCOC(=O)c1c(-c2[nH]c(C(=O)OCc3ccccc3)c(C)c2C(=O)OCC)[nH]c(C(=O)OCc2ccccc2)c1C. The van der Waals surface area contributed by atoms with Gasteiger partial charge in [0.25, 0.3) is 0 Å². The quantitative estimate of drug-likeness (QED) is 0.173. The van der Waals surface area contributed by atoms with E-state index in [1.54, 1.807) is 27.7 Å². The standard InChI is InChI=1S/C32H32N2O8/c1-5-39-29(35)23-19(3)25(31(37)41-17-21-13-9-7-10-14-21)33-27(23)28-24(30(36)40-6-2)20(4)26(34-28)32(38)42-18-22-15-11-8-12-16-22/h7-16,33-34H,5-6,17-18H2,1-4H3. The van der Waals surface area contributed by atoms with E-state index in [1.807, 2.05) is 60.7 Å². The van der Waals surface area contributed by atoms with Crippen LogP contribution in [0.25, 0.3) is 11.4 Å². The van der Waals surface area contributed by atoms with Crippen LogP contribution in [0.1, 0.15) is 77.8 Å². The molecule has 0 bridgehead atoms. The molecule has 2 heterocycles. The molecule has 0 atom stereocenters. The molecular formula is C32H32N2O8. The summed E-state index contributed by atoms with van der Waals surface area (Å²) in [6.45, 7) is 6.60. The maximum absolute atomic E-state index is 13.2. The van der Waals surface area contributed by atoms with Crippen molar-refractivity contribution < 1.29 is 38.1 Å². The summed E-state index contributed by atoms with van der Waals surface area (Å²) < 4.78 is 21.6. The molecular weight excluding hydrogens is 540 g/mol. The fourth-order valence-electron chi connectivity index (χ4n) is 4.48. The fourth-order valence-corrected chi connectivity index (χ4v) is 4.48. The maximum atomic E-state index is 13.2. The Morgan fingerprint density at radius 3 is 1.24 bits per heavy atom. The summed E-state index contributed by atoms with van der Waals surface area (Å²) in [5.41, 5.74) is 2.26. The van der Waals surface area contributed by atoms with Crippen LogP contribution < -0.4 is 0 Å². The van der Waals surface area contributed by atoms with Crippen molar-refractivity contribution in [1.29, 1.82) is 0 Å². The van der Waals surface area contributed by atoms with Crippen molar-refractivity contribution >= 4 is 23.9 Å². The van der Waals surface area contributed by atoms with E-state index in [0.717, 1.165) is 11.1 Å². The summed E-state index contributed by atoms with van der Waals surface area (Å²) in [6.07, 6.45) is 0. The molecule has 2 aromatic carbocycles. The number of hydrogen-bond donors (Lipinski definition) is 2. The second-order valence-corrected chi connectivity index (χ2v) is 9.31. The molecule has 0 aliphatic heterocycles. The van der Waals surface area contributed by atoms with Gasteiger partial charge >= 0.3 is 23.9 Å². The topological polar surface area (TPSA) is 137 Å². The van der Waals surface area contributed by atoms with Crippen LogP contribution in [-0.2, 0) is 32.2 Å². The molecule has 0 saturated heterocycles. The second kappa shape index (κ2) is 13.5. The summed E-state index contributed by atoms with van der Waals surface area (Å²) in [6, 6.07) is 18.3. The molecule has 218 valence electrons. The average molecular weight is 573 g/mol. The minimum Gasteiger partial charge on any atom is -0.462 e. The van der Waals surface area contributed by atoms with Crippen molar-refractivity contribution in [2.75, 3.05) is 13.2 Å². The lowest BCUT2D eigenvalue weighted by Crippen LogP contribution is -2.10. The number of aromatic nitrogens is 2. The largest absolute Gasteiger partial charge is 0.462 e. The zero-order valence-corrected chi connectivity index (χ0v) is 23.9. The van der Waals surface area contributed by atoms with Crippen molar-refractivity contribution in [1.82, 2.24) is 9.97 Å². The van der Waals surface area contributed by atoms with Crippen LogP contribution in [0.15, 0.2) is 60.7 Å². The van der Waals surface area contributed by atoms with Gasteiger partial charge in [-0.3, -0.25) is 0 Å². The molecule has 2 N–H and O–H groups in total. The number of hydrogen-bond acceptors (Lipinski definition) is 8. The number of esters is 4. The van der Waals surface area contributed by atoms with E-state index < -0.39 is 23.9 Å². The first-order valence-electron chi connectivity index (χ1n) is 13.5. The lowest BCUT2D eigenvalue weighted by Gasteiger charge is -2.07. The molecule has 2 aromatic heterocycles. The number of benzene rings is 2. The molecule has 0 aliphatic rings. The molecule has 10 nitrogen and oxygen atoms in total. The summed E-state index contributed by atoms with van der Waals surface area (Å²) in [4.78, 5) is 58.5. The molecule has 0 fully saturated rings. The molecule has 0 unspecified atom stereocenters. The van der Waals surface area contributed by atoms with Gasteiger partial charge in [0.15, 0.2) is 0 Å². The summed E-state index contributed by atoms with van der Waals surface area (Å²) in [5, 5.41) is 0. The van der Waals surface area contributed by atoms with Gasteiger partial charge in [0, 0.05) is 0 Å². The summed E-state index contributed by atoms with van der Waals surface area (Å²) in [7, 11) is 0. The zero-order valence-electron chi connectivity index (χ0n) is 23.9. The van der Waals surface area contributed by atoms with Crippen molar-refractivity contribution in [3.63, 3.8) is 0 Å². The molecule has 4 aromatic rings. The van der Waals surface area contributed by atoms with Crippen LogP contribution in [-0.4, -0.2) is 47.1 Å². The number of carbonyl (C=O) groups excluding carboxylic acids is 4.